The standard InChI is InChI=1S/C15H16OS2/c1-11(2)12-5-7-13(8-6-12)18-10-14(16)15-4-3-9-17-15/h3-9,11H,10H2,1-2H3. The first-order valence-electron chi connectivity index (χ1n) is 5.96. The van der Waals surface area contributed by atoms with E-state index in [1.54, 1.807) is 11.8 Å². The van der Waals surface area contributed by atoms with E-state index in [0.29, 0.717) is 11.7 Å². The lowest BCUT2D eigenvalue weighted by Crippen LogP contribution is -1.99. The lowest BCUT2D eigenvalue weighted by Gasteiger charge is -2.06. The Morgan fingerprint density at radius 1 is 1.22 bits per heavy atom. The SMILES string of the molecule is CC(C)c1ccc(SCC(=O)c2cccs2)cc1. The normalized spacial score (nSPS) is 10.8. The van der Waals surface area contributed by atoms with Gasteiger partial charge in [0.2, 0.25) is 0 Å². The highest BCUT2D eigenvalue weighted by Crippen LogP contribution is 2.23. The van der Waals surface area contributed by atoms with Crippen LogP contribution in [-0.4, -0.2) is 11.5 Å². The van der Waals surface area contributed by atoms with Crippen LogP contribution in [0.25, 0.3) is 0 Å². The average molecular weight is 276 g/mol. The highest BCUT2D eigenvalue weighted by atomic mass is 32.2. The van der Waals surface area contributed by atoms with E-state index in [4.69, 9.17) is 0 Å². The molecule has 0 aliphatic heterocycles. The molecule has 0 saturated carbocycles. The lowest BCUT2D eigenvalue weighted by molar-refractivity contribution is 0.102. The minimum Gasteiger partial charge on any atom is -0.292 e. The first-order chi connectivity index (χ1) is 8.66. The van der Waals surface area contributed by atoms with E-state index in [1.807, 2.05) is 17.5 Å². The van der Waals surface area contributed by atoms with E-state index in [1.165, 1.54) is 16.9 Å². The van der Waals surface area contributed by atoms with Crippen molar-refractivity contribution in [3.05, 3.63) is 52.2 Å². The molecule has 94 valence electrons. The Labute approximate surface area is 116 Å². The molecule has 0 fully saturated rings. The molecule has 0 atom stereocenters. The van der Waals surface area contributed by atoms with Gasteiger partial charge in [0.05, 0.1) is 10.6 Å². The van der Waals surface area contributed by atoms with Crippen molar-refractivity contribution in [3.63, 3.8) is 0 Å². The predicted octanol–water partition coefficient (Wildman–Crippen LogP) is 4.85. The van der Waals surface area contributed by atoms with Gasteiger partial charge in [-0.2, -0.15) is 0 Å². The quantitative estimate of drug-likeness (QED) is 0.574. The fourth-order valence-corrected chi connectivity index (χ4v) is 3.14. The molecule has 1 nitrogen and oxygen atoms in total. The molecule has 0 bridgehead atoms. The highest BCUT2D eigenvalue weighted by molar-refractivity contribution is 8.00. The topological polar surface area (TPSA) is 17.1 Å². The van der Waals surface area contributed by atoms with Crippen molar-refractivity contribution >= 4 is 28.9 Å². The summed E-state index contributed by atoms with van der Waals surface area (Å²) in [6, 6.07) is 12.3. The molecule has 0 saturated heterocycles. The summed E-state index contributed by atoms with van der Waals surface area (Å²) in [4.78, 5) is 13.8. The molecule has 3 heteroatoms. The Bertz CT molecular complexity index is 498. The summed E-state index contributed by atoms with van der Waals surface area (Å²) in [5.74, 6) is 1.28. The summed E-state index contributed by atoms with van der Waals surface area (Å²) in [6.45, 7) is 4.37. The molecular weight excluding hydrogens is 260 g/mol. The Hall–Kier alpha value is -1.06. The van der Waals surface area contributed by atoms with Gasteiger partial charge >= 0.3 is 0 Å². The fraction of sp³-hybridized carbons (Fsp3) is 0.267. The number of ketones is 1. The zero-order chi connectivity index (χ0) is 13.0. The summed E-state index contributed by atoms with van der Waals surface area (Å²) < 4.78 is 0. The van der Waals surface area contributed by atoms with Crippen LogP contribution in [-0.2, 0) is 0 Å². The van der Waals surface area contributed by atoms with Gasteiger partial charge in [0.1, 0.15) is 0 Å². The smallest absolute Gasteiger partial charge is 0.182 e. The second-order valence-corrected chi connectivity index (χ2v) is 6.41. The van der Waals surface area contributed by atoms with Crippen LogP contribution in [0.2, 0.25) is 0 Å². The van der Waals surface area contributed by atoms with Gasteiger partial charge in [-0.1, -0.05) is 32.0 Å². The number of Topliss-reactive ketones (excluding diaryl/α,β-unsaturated/α-hetero) is 1. The molecule has 1 heterocycles. The molecule has 2 aromatic rings. The number of thiophene rings is 1. The van der Waals surface area contributed by atoms with Crippen LogP contribution < -0.4 is 0 Å². The largest absolute Gasteiger partial charge is 0.292 e. The van der Waals surface area contributed by atoms with Gasteiger partial charge in [-0.3, -0.25) is 4.79 Å². The van der Waals surface area contributed by atoms with Crippen molar-refractivity contribution in [3.8, 4) is 0 Å². The predicted molar refractivity (Wildman–Crippen MR) is 79.9 cm³/mol. The van der Waals surface area contributed by atoms with Crippen molar-refractivity contribution in [2.24, 2.45) is 0 Å². The number of carbonyl (C=O) groups excluding carboxylic acids is 1. The molecule has 1 aromatic carbocycles. The number of hydrogen-bond donors (Lipinski definition) is 0. The Morgan fingerprint density at radius 2 is 1.94 bits per heavy atom. The summed E-state index contributed by atoms with van der Waals surface area (Å²) in [5, 5.41) is 1.94. The number of carbonyl (C=O) groups is 1. The van der Waals surface area contributed by atoms with E-state index in [2.05, 4.69) is 38.1 Å². The molecule has 0 spiro atoms. The van der Waals surface area contributed by atoms with Gasteiger partial charge in [0.25, 0.3) is 0 Å². The maximum atomic E-state index is 11.8. The van der Waals surface area contributed by atoms with E-state index in [0.717, 1.165) is 9.77 Å². The summed E-state index contributed by atoms with van der Waals surface area (Å²) >= 11 is 3.11. The van der Waals surface area contributed by atoms with Crippen LogP contribution in [0, 0.1) is 0 Å². The van der Waals surface area contributed by atoms with Gasteiger partial charge in [-0.25, -0.2) is 0 Å². The van der Waals surface area contributed by atoms with Crippen LogP contribution in [0.3, 0.4) is 0 Å². The Kier molecular flexibility index (Phi) is 4.61. The van der Waals surface area contributed by atoms with Crippen LogP contribution in [0.5, 0.6) is 0 Å². The number of benzene rings is 1. The minimum atomic E-state index is 0.211. The number of thioether (sulfide) groups is 1. The van der Waals surface area contributed by atoms with Gasteiger partial charge in [-0.15, -0.1) is 23.1 Å². The van der Waals surface area contributed by atoms with Gasteiger partial charge in [0, 0.05) is 4.90 Å². The van der Waals surface area contributed by atoms with Crippen molar-refractivity contribution in [1.29, 1.82) is 0 Å². The van der Waals surface area contributed by atoms with Gasteiger partial charge in [0.15, 0.2) is 5.78 Å². The molecule has 0 aliphatic carbocycles. The zero-order valence-corrected chi connectivity index (χ0v) is 12.2. The molecule has 0 radical (unpaired) electrons. The van der Waals surface area contributed by atoms with E-state index in [9.17, 15) is 4.79 Å². The van der Waals surface area contributed by atoms with Crippen molar-refractivity contribution < 1.29 is 4.79 Å². The van der Waals surface area contributed by atoms with Crippen LogP contribution in [0.4, 0.5) is 0 Å². The zero-order valence-electron chi connectivity index (χ0n) is 10.6. The monoisotopic (exact) mass is 276 g/mol. The first kappa shape index (κ1) is 13.4. The maximum absolute atomic E-state index is 11.8. The Morgan fingerprint density at radius 3 is 2.50 bits per heavy atom. The van der Waals surface area contributed by atoms with Gasteiger partial charge in [-0.05, 0) is 35.1 Å². The minimum absolute atomic E-state index is 0.211. The molecule has 2 rings (SSSR count). The maximum Gasteiger partial charge on any atom is 0.182 e. The van der Waals surface area contributed by atoms with Gasteiger partial charge < -0.3 is 0 Å². The molecular formula is C15H16OS2. The highest BCUT2D eigenvalue weighted by Gasteiger charge is 2.07. The average Bonchev–Trinajstić information content (AvgIpc) is 2.90. The molecule has 0 aliphatic rings. The van der Waals surface area contributed by atoms with E-state index >= 15 is 0 Å². The van der Waals surface area contributed by atoms with Crippen LogP contribution >= 0.6 is 23.1 Å². The summed E-state index contributed by atoms with van der Waals surface area (Å²) in [7, 11) is 0. The summed E-state index contributed by atoms with van der Waals surface area (Å²) in [6.07, 6.45) is 0. The molecule has 18 heavy (non-hydrogen) atoms. The molecule has 0 unspecified atom stereocenters. The van der Waals surface area contributed by atoms with Crippen molar-refractivity contribution in [2.45, 2.75) is 24.7 Å². The number of rotatable bonds is 5. The molecule has 1 aromatic heterocycles. The van der Waals surface area contributed by atoms with Crippen LogP contribution in [0.15, 0.2) is 46.7 Å². The molecule has 0 N–H and O–H groups in total. The van der Waals surface area contributed by atoms with E-state index in [-0.39, 0.29) is 5.78 Å². The van der Waals surface area contributed by atoms with Crippen molar-refractivity contribution in [1.82, 2.24) is 0 Å². The number of hydrogen-bond acceptors (Lipinski definition) is 3. The Balaban J connectivity index is 1.92. The third-order valence-electron chi connectivity index (χ3n) is 2.71. The molecule has 0 amide bonds. The third kappa shape index (κ3) is 3.47. The second kappa shape index (κ2) is 6.21. The lowest BCUT2D eigenvalue weighted by atomic mass is 10.0. The first-order valence-corrected chi connectivity index (χ1v) is 7.83. The second-order valence-electron chi connectivity index (χ2n) is 4.41. The van der Waals surface area contributed by atoms with Crippen molar-refractivity contribution in [2.75, 3.05) is 5.75 Å². The fourth-order valence-electron chi connectivity index (χ4n) is 1.61. The van der Waals surface area contributed by atoms with Crippen LogP contribution in [0.1, 0.15) is 35.0 Å². The van der Waals surface area contributed by atoms with E-state index < -0.39 is 0 Å². The summed E-state index contributed by atoms with van der Waals surface area (Å²) in [5.41, 5.74) is 1.34. The third-order valence-corrected chi connectivity index (χ3v) is 4.64.